The highest BCUT2D eigenvalue weighted by Gasteiger charge is 2.46. The SMILES string of the molecule is C#C[C@H](NC(=O)[C@@H](NC(=O)c1cnccn1)C1CCCCC1)C(=O)N1CC[C@H](C(C)CC)[C@H]1C(=O)NC(CCC)C(=O)C(=O)NC1CC1. The Morgan fingerprint density at radius 2 is 1.71 bits per heavy atom. The molecule has 2 unspecified atom stereocenters. The average Bonchev–Trinajstić information content (AvgIpc) is 3.81. The molecule has 5 amide bonds. The van der Waals surface area contributed by atoms with E-state index < -0.39 is 59.5 Å². The number of terminal acetylenes is 1. The zero-order chi connectivity index (χ0) is 34.8. The fraction of sp³-hybridized carbons (Fsp3) is 0.657. The Balaban J connectivity index is 1.52. The maximum atomic E-state index is 14.1. The number of hydrogen-bond donors (Lipinski definition) is 4. The summed E-state index contributed by atoms with van der Waals surface area (Å²) in [5, 5.41) is 10.9. The van der Waals surface area contributed by atoms with E-state index in [0.29, 0.717) is 12.8 Å². The van der Waals surface area contributed by atoms with Crippen molar-refractivity contribution in [1.29, 1.82) is 0 Å². The fourth-order valence-corrected chi connectivity index (χ4v) is 6.82. The van der Waals surface area contributed by atoms with Gasteiger partial charge in [0.15, 0.2) is 6.04 Å². The molecule has 3 aliphatic rings. The van der Waals surface area contributed by atoms with Crippen molar-refractivity contribution in [3.05, 3.63) is 24.3 Å². The van der Waals surface area contributed by atoms with E-state index in [4.69, 9.17) is 6.42 Å². The van der Waals surface area contributed by atoms with Crippen LogP contribution in [0.2, 0.25) is 0 Å². The molecule has 3 fully saturated rings. The first-order valence-corrected chi connectivity index (χ1v) is 17.4. The summed E-state index contributed by atoms with van der Waals surface area (Å²) in [7, 11) is 0. The molecular weight excluding hydrogens is 614 g/mol. The van der Waals surface area contributed by atoms with Crippen molar-refractivity contribution in [3.8, 4) is 12.3 Å². The largest absolute Gasteiger partial charge is 0.347 e. The number of Topliss-reactive ketones (excluding diaryl/α,β-unsaturated/α-hetero) is 1. The Morgan fingerprint density at radius 3 is 2.31 bits per heavy atom. The number of ketones is 1. The van der Waals surface area contributed by atoms with E-state index in [1.807, 2.05) is 20.8 Å². The highest BCUT2D eigenvalue weighted by atomic mass is 16.2. The Labute approximate surface area is 282 Å². The molecule has 4 rings (SSSR count). The van der Waals surface area contributed by atoms with Gasteiger partial charge in [-0.1, -0.05) is 58.8 Å². The van der Waals surface area contributed by atoms with Crippen molar-refractivity contribution in [2.24, 2.45) is 17.8 Å². The highest BCUT2D eigenvalue weighted by Crippen LogP contribution is 2.33. The van der Waals surface area contributed by atoms with E-state index in [0.717, 1.165) is 51.4 Å². The van der Waals surface area contributed by atoms with Crippen LogP contribution in [0.5, 0.6) is 0 Å². The zero-order valence-corrected chi connectivity index (χ0v) is 28.2. The summed E-state index contributed by atoms with van der Waals surface area (Å²) in [4.78, 5) is 89.8. The maximum absolute atomic E-state index is 14.1. The van der Waals surface area contributed by atoms with Gasteiger partial charge >= 0.3 is 0 Å². The Morgan fingerprint density at radius 1 is 0.979 bits per heavy atom. The first-order valence-electron chi connectivity index (χ1n) is 17.4. The van der Waals surface area contributed by atoms with Gasteiger partial charge < -0.3 is 26.2 Å². The first-order chi connectivity index (χ1) is 23.1. The maximum Gasteiger partial charge on any atom is 0.289 e. The summed E-state index contributed by atoms with van der Waals surface area (Å²) in [6.07, 6.45) is 18.0. The molecule has 0 bridgehead atoms. The minimum Gasteiger partial charge on any atom is -0.347 e. The molecule has 0 radical (unpaired) electrons. The number of likely N-dealkylation sites (tertiary alicyclic amines) is 1. The van der Waals surface area contributed by atoms with Crippen LogP contribution in [0.15, 0.2) is 18.6 Å². The van der Waals surface area contributed by atoms with Crippen LogP contribution in [0.4, 0.5) is 0 Å². The van der Waals surface area contributed by atoms with Gasteiger partial charge in [-0.15, -0.1) is 6.42 Å². The average molecular weight is 664 g/mol. The van der Waals surface area contributed by atoms with Crippen LogP contribution in [-0.4, -0.2) is 86.9 Å². The summed E-state index contributed by atoms with van der Waals surface area (Å²) >= 11 is 0. The van der Waals surface area contributed by atoms with Crippen LogP contribution in [-0.2, 0) is 24.0 Å². The third-order valence-electron chi connectivity index (χ3n) is 9.90. The first kappa shape index (κ1) is 36.5. The minimum atomic E-state index is -1.40. The number of aromatic nitrogens is 2. The van der Waals surface area contributed by atoms with Crippen LogP contribution in [0.1, 0.15) is 102 Å². The predicted octanol–water partition coefficient (Wildman–Crippen LogP) is 1.67. The molecule has 2 aliphatic carbocycles. The van der Waals surface area contributed by atoms with Gasteiger partial charge in [-0.3, -0.25) is 33.8 Å². The van der Waals surface area contributed by atoms with Gasteiger partial charge in [0.1, 0.15) is 17.8 Å². The van der Waals surface area contributed by atoms with Crippen LogP contribution in [0.3, 0.4) is 0 Å². The third-order valence-corrected chi connectivity index (χ3v) is 9.90. The molecule has 1 aromatic rings. The predicted molar refractivity (Wildman–Crippen MR) is 177 cm³/mol. The van der Waals surface area contributed by atoms with Gasteiger partial charge in [0.25, 0.3) is 17.7 Å². The summed E-state index contributed by atoms with van der Waals surface area (Å²) in [5.74, 6) is -1.69. The van der Waals surface area contributed by atoms with E-state index >= 15 is 0 Å². The number of nitrogens with zero attached hydrogens (tertiary/aromatic N) is 3. The van der Waals surface area contributed by atoms with E-state index in [1.165, 1.54) is 23.5 Å². The summed E-state index contributed by atoms with van der Waals surface area (Å²) in [5.41, 5.74) is 0.0579. The quantitative estimate of drug-likeness (QED) is 0.162. The Hall–Kier alpha value is -4.34. The molecular formula is C35H49N7O6. The normalized spacial score (nSPS) is 21.9. The monoisotopic (exact) mass is 663 g/mol. The molecule has 1 aliphatic heterocycles. The fourth-order valence-electron chi connectivity index (χ4n) is 6.82. The molecule has 0 spiro atoms. The van der Waals surface area contributed by atoms with Crippen molar-refractivity contribution in [2.75, 3.05) is 6.54 Å². The molecule has 4 N–H and O–H groups in total. The molecule has 13 heteroatoms. The number of carbonyl (C=O) groups is 6. The van der Waals surface area contributed by atoms with Crippen molar-refractivity contribution in [3.63, 3.8) is 0 Å². The van der Waals surface area contributed by atoms with Gasteiger partial charge in [0, 0.05) is 25.0 Å². The lowest BCUT2D eigenvalue weighted by Gasteiger charge is -2.33. The lowest BCUT2D eigenvalue weighted by molar-refractivity contribution is -0.144. The van der Waals surface area contributed by atoms with Crippen LogP contribution < -0.4 is 21.3 Å². The van der Waals surface area contributed by atoms with Crippen molar-refractivity contribution >= 4 is 35.3 Å². The standard InChI is InChI=1S/C35H49N7O6/c1-5-11-26(30(43)34(47)38-23-14-15-23)40-33(46)29-24(21(4)6-2)16-19-42(29)35(48)25(7-3)39-32(45)28(22-12-9-8-10-13-22)41-31(44)27-20-36-17-18-37-27/h3,17-18,20-26,28-29H,5-6,8-16,19H2,1-2,4H3,(H,38,47)(H,39,45)(H,40,46)(H,41,44)/t21?,24-,25+,26?,28+,29+/m1/s1. The second-order valence-corrected chi connectivity index (χ2v) is 13.3. The molecule has 2 heterocycles. The molecule has 2 saturated carbocycles. The molecule has 1 aromatic heterocycles. The number of hydrogen-bond acceptors (Lipinski definition) is 8. The number of rotatable bonds is 15. The minimum absolute atomic E-state index is 0.00823. The summed E-state index contributed by atoms with van der Waals surface area (Å²) in [6.45, 7) is 6.09. The van der Waals surface area contributed by atoms with Crippen LogP contribution in [0, 0.1) is 30.1 Å². The summed E-state index contributed by atoms with van der Waals surface area (Å²) < 4.78 is 0. The smallest absolute Gasteiger partial charge is 0.289 e. The Bertz CT molecular complexity index is 1370. The molecule has 13 nitrogen and oxygen atoms in total. The van der Waals surface area contributed by atoms with Gasteiger partial charge in [-0.25, -0.2) is 4.98 Å². The van der Waals surface area contributed by atoms with E-state index in [2.05, 4.69) is 37.2 Å². The number of amides is 5. The topological polar surface area (TPSA) is 180 Å². The van der Waals surface area contributed by atoms with E-state index in [-0.39, 0.29) is 42.5 Å². The lowest BCUT2D eigenvalue weighted by Crippen LogP contribution is -2.59. The molecule has 0 aromatic carbocycles. The molecule has 260 valence electrons. The van der Waals surface area contributed by atoms with Crippen molar-refractivity contribution in [2.45, 2.75) is 122 Å². The second kappa shape index (κ2) is 17.2. The van der Waals surface area contributed by atoms with E-state index in [1.54, 1.807) is 0 Å². The van der Waals surface area contributed by atoms with E-state index in [9.17, 15) is 28.8 Å². The number of nitrogens with one attached hydrogen (secondary N) is 4. The van der Waals surface area contributed by atoms with Gasteiger partial charge in [-0.05, 0) is 56.3 Å². The zero-order valence-electron chi connectivity index (χ0n) is 28.2. The lowest BCUT2D eigenvalue weighted by atomic mass is 9.83. The molecule has 1 saturated heterocycles. The van der Waals surface area contributed by atoms with Crippen molar-refractivity contribution < 1.29 is 28.8 Å². The van der Waals surface area contributed by atoms with Crippen LogP contribution in [0.25, 0.3) is 0 Å². The van der Waals surface area contributed by atoms with Gasteiger partial charge in [0.05, 0.1) is 12.2 Å². The second-order valence-electron chi connectivity index (χ2n) is 13.3. The van der Waals surface area contributed by atoms with Gasteiger partial charge in [-0.2, -0.15) is 0 Å². The van der Waals surface area contributed by atoms with Gasteiger partial charge in [0.2, 0.25) is 17.6 Å². The third kappa shape index (κ3) is 9.17. The van der Waals surface area contributed by atoms with Crippen molar-refractivity contribution in [1.82, 2.24) is 36.1 Å². The van der Waals surface area contributed by atoms with Crippen LogP contribution >= 0.6 is 0 Å². The summed E-state index contributed by atoms with van der Waals surface area (Å²) in [6, 6.07) is -4.36. The molecule has 6 atom stereocenters. The highest BCUT2D eigenvalue weighted by molar-refractivity contribution is 6.38. The Kier molecular flexibility index (Phi) is 13.1. The number of carbonyl (C=O) groups excluding carboxylic acids is 6. The molecule has 48 heavy (non-hydrogen) atoms.